The van der Waals surface area contributed by atoms with Crippen LogP contribution in [0.1, 0.15) is 12.5 Å². The van der Waals surface area contributed by atoms with E-state index in [1.54, 1.807) is 7.11 Å². The van der Waals surface area contributed by atoms with Crippen LogP contribution in [0.3, 0.4) is 0 Å². The highest BCUT2D eigenvalue weighted by Gasteiger charge is 1.99. The molecular weight excluding hydrogens is 236 g/mol. The number of methoxy groups -OCH3 is 1. The van der Waals surface area contributed by atoms with Gasteiger partial charge in [-0.2, -0.15) is 0 Å². The summed E-state index contributed by atoms with van der Waals surface area (Å²) in [6.45, 7) is 4.60. The Balaban J connectivity index is 2.11. The molecule has 2 rings (SSSR count). The van der Waals surface area contributed by atoms with Crippen molar-refractivity contribution in [3.05, 3.63) is 47.7 Å². The molecule has 0 bridgehead atoms. The summed E-state index contributed by atoms with van der Waals surface area (Å²) in [5.74, 6) is 0. The van der Waals surface area contributed by atoms with Gasteiger partial charge in [0.1, 0.15) is 0 Å². The summed E-state index contributed by atoms with van der Waals surface area (Å²) >= 11 is 0. The van der Waals surface area contributed by atoms with E-state index in [2.05, 4.69) is 47.6 Å². The Morgan fingerprint density at radius 2 is 2.16 bits per heavy atom. The van der Waals surface area contributed by atoms with Crippen molar-refractivity contribution in [2.75, 3.05) is 26.8 Å². The largest absolute Gasteiger partial charge is 0.383 e. The molecule has 0 saturated heterocycles. The number of hydrogen-bond acceptors (Lipinski definition) is 3. The van der Waals surface area contributed by atoms with Crippen molar-refractivity contribution in [1.29, 1.82) is 0 Å². The maximum absolute atomic E-state index is 5.01. The lowest BCUT2D eigenvalue weighted by atomic mass is 10.1. The number of ether oxygens (including phenoxy) is 1. The van der Waals surface area contributed by atoms with Gasteiger partial charge in [0.15, 0.2) is 0 Å². The van der Waals surface area contributed by atoms with Gasteiger partial charge in [-0.3, -0.25) is 4.98 Å². The molecule has 0 radical (unpaired) electrons. The van der Waals surface area contributed by atoms with Crippen LogP contribution in [-0.4, -0.2) is 31.8 Å². The molecule has 0 atom stereocenters. The molecule has 0 saturated carbocycles. The van der Waals surface area contributed by atoms with Crippen molar-refractivity contribution in [2.45, 2.75) is 6.92 Å². The van der Waals surface area contributed by atoms with Crippen molar-refractivity contribution in [3.63, 3.8) is 0 Å². The molecule has 100 valence electrons. The first-order chi connectivity index (χ1) is 9.31. The van der Waals surface area contributed by atoms with Crippen molar-refractivity contribution in [2.24, 2.45) is 0 Å². The monoisotopic (exact) mass is 256 g/mol. The van der Waals surface area contributed by atoms with Gasteiger partial charge >= 0.3 is 0 Å². The summed E-state index contributed by atoms with van der Waals surface area (Å²) in [6.07, 6.45) is 4.03. The average Bonchev–Trinajstić information content (AvgIpc) is 2.44. The summed E-state index contributed by atoms with van der Waals surface area (Å²) in [7, 11) is 1.71. The Morgan fingerprint density at radius 3 is 3.00 bits per heavy atom. The van der Waals surface area contributed by atoms with E-state index in [1.807, 2.05) is 12.3 Å². The van der Waals surface area contributed by atoms with Gasteiger partial charge in [0, 0.05) is 37.3 Å². The molecular formula is C16H20N2O. The Bertz CT molecular complexity index is 558. The number of pyridine rings is 1. The minimum Gasteiger partial charge on any atom is -0.383 e. The molecule has 19 heavy (non-hydrogen) atoms. The molecule has 3 heteroatoms. The van der Waals surface area contributed by atoms with Crippen molar-refractivity contribution >= 4 is 17.0 Å². The molecule has 0 aliphatic heterocycles. The first-order valence-corrected chi connectivity index (χ1v) is 6.52. The first-order valence-electron chi connectivity index (χ1n) is 6.52. The van der Waals surface area contributed by atoms with Crippen LogP contribution in [-0.2, 0) is 4.74 Å². The van der Waals surface area contributed by atoms with Gasteiger partial charge in [-0.1, -0.05) is 35.9 Å². The van der Waals surface area contributed by atoms with Crippen LogP contribution in [0, 0.1) is 0 Å². The third kappa shape index (κ3) is 3.88. The van der Waals surface area contributed by atoms with E-state index in [0.29, 0.717) is 0 Å². The molecule has 0 spiro atoms. The molecule has 1 N–H and O–H groups in total. The van der Waals surface area contributed by atoms with E-state index in [4.69, 9.17) is 4.74 Å². The van der Waals surface area contributed by atoms with E-state index < -0.39 is 0 Å². The van der Waals surface area contributed by atoms with Crippen LogP contribution >= 0.6 is 0 Å². The topological polar surface area (TPSA) is 34.1 Å². The number of benzene rings is 1. The molecule has 1 heterocycles. The lowest BCUT2D eigenvalue weighted by Crippen LogP contribution is -2.20. The average molecular weight is 256 g/mol. The minimum absolute atomic E-state index is 0.739. The molecule has 0 amide bonds. The van der Waals surface area contributed by atoms with E-state index in [9.17, 15) is 0 Å². The summed E-state index contributed by atoms with van der Waals surface area (Å²) in [4.78, 5) is 4.46. The summed E-state index contributed by atoms with van der Waals surface area (Å²) < 4.78 is 5.01. The zero-order chi connectivity index (χ0) is 13.5. The van der Waals surface area contributed by atoms with Gasteiger partial charge < -0.3 is 10.1 Å². The van der Waals surface area contributed by atoms with Gasteiger partial charge in [0.25, 0.3) is 0 Å². The van der Waals surface area contributed by atoms with Crippen LogP contribution in [0.4, 0.5) is 0 Å². The molecule has 0 aliphatic rings. The summed E-state index contributed by atoms with van der Waals surface area (Å²) in [5, 5.41) is 4.52. The van der Waals surface area contributed by atoms with E-state index in [-0.39, 0.29) is 0 Å². The summed E-state index contributed by atoms with van der Waals surface area (Å²) in [5.41, 5.74) is 3.51. The highest BCUT2D eigenvalue weighted by atomic mass is 16.5. The van der Waals surface area contributed by atoms with Gasteiger partial charge in [-0.05, 0) is 13.0 Å². The summed E-state index contributed by atoms with van der Waals surface area (Å²) in [6, 6.07) is 10.3. The van der Waals surface area contributed by atoms with E-state index in [0.717, 1.165) is 25.2 Å². The zero-order valence-electron chi connectivity index (χ0n) is 11.5. The fourth-order valence-electron chi connectivity index (χ4n) is 2.02. The molecule has 2 aromatic rings. The minimum atomic E-state index is 0.739. The number of aromatic nitrogens is 1. The second-order valence-electron chi connectivity index (χ2n) is 4.58. The number of hydrogen-bond donors (Lipinski definition) is 1. The number of para-hydroxylation sites is 1. The fourth-order valence-corrected chi connectivity index (χ4v) is 2.02. The number of nitrogens with zero attached hydrogens (tertiary/aromatic N) is 1. The second kappa shape index (κ2) is 7.02. The quantitative estimate of drug-likeness (QED) is 0.807. The molecule has 0 unspecified atom stereocenters. The van der Waals surface area contributed by atoms with Gasteiger partial charge in [-0.25, -0.2) is 0 Å². The van der Waals surface area contributed by atoms with Crippen molar-refractivity contribution in [3.8, 4) is 0 Å². The smallest absolute Gasteiger partial charge is 0.0774 e. The van der Waals surface area contributed by atoms with Crippen molar-refractivity contribution < 1.29 is 4.74 Å². The number of rotatable bonds is 6. The van der Waals surface area contributed by atoms with Crippen LogP contribution in [0.15, 0.2) is 42.1 Å². The van der Waals surface area contributed by atoms with Crippen LogP contribution < -0.4 is 5.32 Å². The molecule has 1 aromatic carbocycles. The first kappa shape index (κ1) is 13.7. The Labute approximate surface area is 114 Å². The SMILES string of the molecule is COCCNCC(C)=Cc1cccc2cccnc12. The molecule has 1 aromatic heterocycles. The third-order valence-electron chi connectivity index (χ3n) is 2.95. The van der Waals surface area contributed by atoms with E-state index in [1.165, 1.54) is 16.5 Å². The van der Waals surface area contributed by atoms with Gasteiger partial charge in [0.2, 0.25) is 0 Å². The lowest BCUT2D eigenvalue weighted by Gasteiger charge is -2.06. The zero-order valence-corrected chi connectivity index (χ0v) is 11.5. The third-order valence-corrected chi connectivity index (χ3v) is 2.95. The molecule has 0 aliphatic carbocycles. The highest BCUT2D eigenvalue weighted by Crippen LogP contribution is 2.18. The Kier molecular flexibility index (Phi) is 5.07. The fraction of sp³-hybridized carbons (Fsp3) is 0.312. The Morgan fingerprint density at radius 1 is 1.32 bits per heavy atom. The van der Waals surface area contributed by atoms with Crippen LogP contribution in [0.2, 0.25) is 0 Å². The normalized spacial score (nSPS) is 12.0. The Hall–Kier alpha value is -1.71. The lowest BCUT2D eigenvalue weighted by molar-refractivity contribution is 0.200. The molecule has 3 nitrogen and oxygen atoms in total. The number of nitrogens with one attached hydrogen (secondary N) is 1. The predicted octanol–water partition coefficient (Wildman–Crippen LogP) is 2.87. The van der Waals surface area contributed by atoms with Crippen LogP contribution in [0.5, 0.6) is 0 Å². The maximum Gasteiger partial charge on any atom is 0.0774 e. The maximum atomic E-state index is 5.01. The highest BCUT2D eigenvalue weighted by molar-refractivity contribution is 5.87. The standard InChI is InChI=1S/C16H20N2O/c1-13(12-17-9-10-19-2)11-15-6-3-5-14-7-4-8-18-16(14)15/h3-8,11,17H,9-10,12H2,1-2H3. The van der Waals surface area contributed by atoms with Gasteiger partial charge in [0.05, 0.1) is 12.1 Å². The van der Waals surface area contributed by atoms with Gasteiger partial charge in [-0.15, -0.1) is 0 Å². The number of fused-ring (bicyclic) bond motifs is 1. The van der Waals surface area contributed by atoms with Crippen LogP contribution in [0.25, 0.3) is 17.0 Å². The van der Waals surface area contributed by atoms with E-state index >= 15 is 0 Å². The predicted molar refractivity (Wildman–Crippen MR) is 80.1 cm³/mol. The molecule has 0 fully saturated rings. The second-order valence-corrected chi connectivity index (χ2v) is 4.58. The van der Waals surface area contributed by atoms with Crippen molar-refractivity contribution in [1.82, 2.24) is 10.3 Å².